The van der Waals surface area contributed by atoms with E-state index in [1.807, 2.05) is 11.0 Å². The van der Waals surface area contributed by atoms with E-state index in [4.69, 9.17) is 14.5 Å². The van der Waals surface area contributed by atoms with Crippen LogP contribution in [0.4, 0.5) is 15.6 Å². The highest BCUT2D eigenvalue weighted by Gasteiger charge is 2.24. The maximum atomic E-state index is 12.8. The van der Waals surface area contributed by atoms with Crippen LogP contribution in [0.2, 0.25) is 0 Å². The smallest absolute Gasteiger partial charge is 0.322 e. The average molecular weight is 427 g/mol. The molecule has 8 heteroatoms. The average Bonchev–Trinajstić information content (AvgIpc) is 3.23. The van der Waals surface area contributed by atoms with Gasteiger partial charge in [0.1, 0.15) is 0 Å². The molecule has 1 aliphatic heterocycles. The number of methoxy groups -OCH3 is 2. The summed E-state index contributed by atoms with van der Waals surface area (Å²) in [5.74, 6) is 1.11. The van der Waals surface area contributed by atoms with E-state index in [1.165, 1.54) is 15.8 Å². The molecule has 2 aromatic carbocycles. The number of aromatic nitrogens is 1. The summed E-state index contributed by atoms with van der Waals surface area (Å²) in [5, 5.41) is 3.97. The predicted octanol–water partition coefficient (Wildman–Crippen LogP) is 4.28. The number of nitrogens with one attached hydrogen (secondary N) is 1. The van der Waals surface area contributed by atoms with Crippen LogP contribution in [0, 0.1) is 13.8 Å². The number of benzene rings is 2. The molecular formula is C22H26N4O3S. The number of aryl methyl sites for hydroxylation is 2. The van der Waals surface area contributed by atoms with Gasteiger partial charge in [-0.15, -0.1) is 0 Å². The minimum atomic E-state index is -0.141. The summed E-state index contributed by atoms with van der Waals surface area (Å²) in [7, 11) is 3.14. The standard InChI is InChI=1S/C22H26N4O3S/c1-14-8-9-15(2)20-18(14)24-22(30-20)26-12-10-25(11-13-26)21(27)23-16-6-5-7-17(28-3)19(16)29-4/h5-9H,10-13H2,1-4H3,(H,23,27). The van der Waals surface area contributed by atoms with E-state index in [0.29, 0.717) is 30.3 Å². The van der Waals surface area contributed by atoms with Gasteiger partial charge in [0.2, 0.25) is 0 Å². The minimum absolute atomic E-state index is 0.141. The molecule has 2 amide bonds. The molecule has 4 rings (SSSR count). The van der Waals surface area contributed by atoms with Crippen LogP contribution in [0.1, 0.15) is 11.1 Å². The van der Waals surface area contributed by atoms with Crippen molar-refractivity contribution in [2.24, 2.45) is 0 Å². The highest BCUT2D eigenvalue weighted by atomic mass is 32.1. The Kier molecular flexibility index (Phi) is 5.67. The summed E-state index contributed by atoms with van der Waals surface area (Å²) in [6.45, 7) is 6.98. The van der Waals surface area contributed by atoms with E-state index >= 15 is 0 Å². The van der Waals surface area contributed by atoms with Crippen LogP contribution in [0.25, 0.3) is 10.2 Å². The zero-order chi connectivity index (χ0) is 21.3. The topological polar surface area (TPSA) is 66.9 Å². The van der Waals surface area contributed by atoms with Crippen LogP contribution in [0.3, 0.4) is 0 Å². The first kappa shape index (κ1) is 20.3. The molecule has 158 valence electrons. The van der Waals surface area contributed by atoms with E-state index in [0.717, 1.165) is 23.7 Å². The van der Waals surface area contributed by atoms with Crippen molar-refractivity contribution >= 4 is 38.4 Å². The van der Waals surface area contributed by atoms with Crippen LogP contribution in [0.15, 0.2) is 30.3 Å². The number of ether oxygens (including phenoxy) is 2. The van der Waals surface area contributed by atoms with Crippen molar-refractivity contribution in [1.29, 1.82) is 0 Å². The number of urea groups is 1. The van der Waals surface area contributed by atoms with E-state index in [1.54, 1.807) is 37.7 Å². The monoisotopic (exact) mass is 426 g/mol. The molecule has 0 unspecified atom stereocenters. The fourth-order valence-electron chi connectivity index (χ4n) is 3.66. The van der Waals surface area contributed by atoms with E-state index < -0.39 is 0 Å². The van der Waals surface area contributed by atoms with Gasteiger partial charge in [-0.05, 0) is 37.1 Å². The van der Waals surface area contributed by atoms with E-state index in [9.17, 15) is 4.79 Å². The van der Waals surface area contributed by atoms with Crippen molar-refractivity contribution in [3.63, 3.8) is 0 Å². The lowest BCUT2D eigenvalue weighted by Gasteiger charge is -2.34. The van der Waals surface area contributed by atoms with Gasteiger partial charge in [0, 0.05) is 26.2 Å². The summed E-state index contributed by atoms with van der Waals surface area (Å²) in [6.07, 6.45) is 0. The quantitative estimate of drug-likeness (QED) is 0.674. The van der Waals surface area contributed by atoms with Gasteiger partial charge < -0.3 is 24.6 Å². The van der Waals surface area contributed by atoms with Gasteiger partial charge in [-0.1, -0.05) is 29.5 Å². The Hall–Kier alpha value is -3.00. The molecule has 0 atom stereocenters. The van der Waals surface area contributed by atoms with Crippen molar-refractivity contribution in [2.45, 2.75) is 13.8 Å². The molecule has 1 N–H and O–H groups in total. The fraction of sp³-hybridized carbons (Fsp3) is 0.364. The number of carbonyl (C=O) groups excluding carboxylic acids is 1. The first-order chi connectivity index (χ1) is 14.5. The number of rotatable bonds is 4. The first-order valence-electron chi connectivity index (χ1n) is 9.90. The third kappa shape index (κ3) is 3.75. The molecule has 1 saturated heterocycles. The normalized spacial score (nSPS) is 14.1. The highest BCUT2D eigenvalue weighted by molar-refractivity contribution is 7.22. The second-order valence-corrected chi connectivity index (χ2v) is 8.30. The van der Waals surface area contributed by atoms with Gasteiger partial charge in [-0.2, -0.15) is 0 Å². The van der Waals surface area contributed by atoms with Crippen molar-refractivity contribution < 1.29 is 14.3 Å². The lowest BCUT2D eigenvalue weighted by Crippen LogP contribution is -2.50. The van der Waals surface area contributed by atoms with Gasteiger partial charge in [0.25, 0.3) is 0 Å². The Morgan fingerprint density at radius 3 is 2.43 bits per heavy atom. The Morgan fingerprint density at radius 2 is 1.77 bits per heavy atom. The molecule has 30 heavy (non-hydrogen) atoms. The predicted molar refractivity (Wildman–Crippen MR) is 121 cm³/mol. The SMILES string of the molecule is COc1cccc(NC(=O)N2CCN(c3nc4c(C)ccc(C)c4s3)CC2)c1OC. The van der Waals surface area contributed by atoms with Gasteiger partial charge >= 0.3 is 6.03 Å². The maximum absolute atomic E-state index is 12.8. The molecule has 0 aliphatic carbocycles. The van der Waals surface area contributed by atoms with E-state index in [2.05, 4.69) is 36.2 Å². The number of anilines is 2. The molecular weight excluding hydrogens is 400 g/mol. The Labute approximate surface area is 180 Å². The zero-order valence-electron chi connectivity index (χ0n) is 17.7. The van der Waals surface area contributed by atoms with Gasteiger partial charge in [0.15, 0.2) is 16.6 Å². The molecule has 2 heterocycles. The van der Waals surface area contributed by atoms with Crippen LogP contribution in [0.5, 0.6) is 11.5 Å². The van der Waals surface area contributed by atoms with Crippen LogP contribution in [-0.2, 0) is 0 Å². The number of amides is 2. The molecule has 7 nitrogen and oxygen atoms in total. The van der Waals surface area contributed by atoms with Crippen molar-refractivity contribution in [3.05, 3.63) is 41.5 Å². The lowest BCUT2D eigenvalue weighted by molar-refractivity contribution is 0.208. The third-order valence-electron chi connectivity index (χ3n) is 5.41. The minimum Gasteiger partial charge on any atom is -0.493 e. The molecule has 0 spiro atoms. The molecule has 1 aromatic heterocycles. The molecule has 1 fully saturated rings. The number of piperazine rings is 1. The number of thiazole rings is 1. The van der Waals surface area contributed by atoms with Gasteiger partial charge in [-0.3, -0.25) is 0 Å². The first-order valence-corrected chi connectivity index (χ1v) is 10.7. The van der Waals surface area contributed by atoms with E-state index in [-0.39, 0.29) is 6.03 Å². The maximum Gasteiger partial charge on any atom is 0.322 e. The molecule has 3 aromatic rings. The summed E-state index contributed by atoms with van der Waals surface area (Å²) in [4.78, 5) is 21.7. The summed E-state index contributed by atoms with van der Waals surface area (Å²) in [5.41, 5.74) is 4.13. The number of hydrogen-bond acceptors (Lipinski definition) is 6. The molecule has 0 radical (unpaired) electrons. The fourth-order valence-corrected chi connectivity index (χ4v) is 4.83. The van der Waals surface area contributed by atoms with Crippen LogP contribution in [-0.4, -0.2) is 56.3 Å². The van der Waals surface area contributed by atoms with Crippen LogP contribution < -0.4 is 19.7 Å². The second kappa shape index (κ2) is 8.39. The molecule has 0 bridgehead atoms. The summed E-state index contributed by atoms with van der Waals surface area (Å²) >= 11 is 1.73. The van der Waals surface area contributed by atoms with Gasteiger partial charge in [0.05, 0.1) is 30.1 Å². The Balaban J connectivity index is 1.43. The van der Waals surface area contributed by atoms with Crippen molar-refractivity contribution in [1.82, 2.24) is 9.88 Å². The Morgan fingerprint density at radius 1 is 1.03 bits per heavy atom. The van der Waals surface area contributed by atoms with Crippen LogP contribution >= 0.6 is 11.3 Å². The number of carbonyl (C=O) groups is 1. The zero-order valence-corrected chi connectivity index (χ0v) is 18.5. The largest absolute Gasteiger partial charge is 0.493 e. The summed E-state index contributed by atoms with van der Waals surface area (Å²) < 4.78 is 12.0. The highest BCUT2D eigenvalue weighted by Crippen LogP contribution is 2.35. The Bertz CT molecular complexity index is 1030. The number of hydrogen-bond donors (Lipinski definition) is 1. The van der Waals surface area contributed by atoms with Crippen molar-refractivity contribution in [2.75, 3.05) is 50.6 Å². The number of fused-ring (bicyclic) bond motifs is 1. The third-order valence-corrected chi connectivity index (χ3v) is 6.66. The number of nitrogens with zero attached hydrogens (tertiary/aromatic N) is 3. The second-order valence-electron chi connectivity index (χ2n) is 7.32. The van der Waals surface area contributed by atoms with Gasteiger partial charge in [-0.25, -0.2) is 9.78 Å². The molecule has 1 aliphatic rings. The van der Waals surface area contributed by atoms with Crippen molar-refractivity contribution in [3.8, 4) is 11.5 Å². The molecule has 0 saturated carbocycles. The lowest BCUT2D eigenvalue weighted by atomic mass is 10.1. The summed E-state index contributed by atoms with van der Waals surface area (Å²) in [6, 6.07) is 9.56. The number of para-hydroxylation sites is 1.